The number of anilines is 2. The number of halogens is 1. The fraction of sp³-hybridized carbons (Fsp3) is 0.0870. The zero-order valence-electron chi connectivity index (χ0n) is 17.0. The number of carboxylic acid groups (broad SMARTS) is 1. The van der Waals surface area contributed by atoms with Gasteiger partial charge in [-0.3, -0.25) is 0 Å². The molecule has 0 saturated carbocycles. The summed E-state index contributed by atoms with van der Waals surface area (Å²) in [6.07, 6.45) is 1.72. The van der Waals surface area contributed by atoms with Gasteiger partial charge in [-0.2, -0.15) is 0 Å². The number of pyridine rings is 1. The molecule has 2 aromatic carbocycles. The number of hydrogen-bond acceptors (Lipinski definition) is 7. The number of carbonyl (C=O) groups is 1. The Hall–Kier alpha value is -3.62. The molecule has 0 atom stereocenters. The molecule has 0 unspecified atom stereocenters. The van der Waals surface area contributed by atoms with Crippen LogP contribution in [0.15, 0.2) is 72.2 Å². The summed E-state index contributed by atoms with van der Waals surface area (Å²) in [6.45, 7) is 1.53. The van der Waals surface area contributed by atoms with Crippen LogP contribution in [0.5, 0.6) is 17.2 Å². The summed E-state index contributed by atoms with van der Waals surface area (Å²) in [5.74, 6) is 1.19. The number of carboxylic acids is 1. The lowest BCUT2D eigenvalue weighted by Gasteiger charge is -2.13. The molecule has 2 heterocycles. The highest BCUT2D eigenvalue weighted by Gasteiger charge is 2.12. The SMILES string of the molecule is Cc1csc(Nc2ncc(-c3cccc(OCC(=O)O)c3)cc2Oc2ccccc2)n1.Cl. The van der Waals surface area contributed by atoms with Crippen LogP contribution in [0.1, 0.15) is 5.69 Å². The van der Waals surface area contributed by atoms with Gasteiger partial charge in [0.05, 0.1) is 5.69 Å². The lowest BCUT2D eigenvalue weighted by molar-refractivity contribution is -0.139. The third kappa shape index (κ3) is 5.96. The van der Waals surface area contributed by atoms with E-state index in [9.17, 15) is 4.79 Å². The van der Waals surface area contributed by atoms with Crippen molar-refractivity contribution in [2.75, 3.05) is 11.9 Å². The summed E-state index contributed by atoms with van der Waals surface area (Å²) < 4.78 is 11.4. The normalized spacial score (nSPS) is 10.2. The van der Waals surface area contributed by atoms with Crippen LogP contribution in [0, 0.1) is 6.92 Å². The van der Waals surface area contributed by atoms with Crippen LogP contribution in [0.4, 0.5) is 10.9 Å². The zero-order valence-corrected chi connectivity index (χ0v) is 18.7. The number of nitrogens with one attached hydrogen (secondary N) is 1. The van der Waals surface area contributed by atoms with Crippen molar-refractivity contribution >= 4 is 40.7 Å². The molecule has 32 heavy (non-hydrogen) atoms. The Kier molecular flexibility index (Phi) is 7.64. The first-order valence-corrected chi connectivity index (χ1v) is 10.3. The van der Waals surface area contributed by atoms with E-state index in [2.05, 4.69) is 15.3 Å². The molecule has 0 saturated heterocycles. The minimum Gasteiger partial charge on any atom is -0.482 e. The Morgan fingerprint density at radius 1 is 1.06 bits per heavy atom. The average molecular weight is 470 g/mol. The molecule has 0 bridgehead atoms. The van der Waals surface area contributed by atoms with Gasteiger partial charge in [0.1, 0.15) is 11.5 Å². The summed E-state index contributed by atoms with van der Waals surface area (Å²) in [5.41, 5.74) is 2.55. The fourth-order valence-corrected chi connectivity index (χ4v) is 3.50. The topological polar surface area (TPSA) is 93.6 Å². The summed E-state index contributed by atoms with van der Waals surface area (Å²) in [4.78, 5) is 19.8. The van der Waals surface area contributed by atoms with Gasteiger partial charge in [0.25, 0.3) is 0 Å². The maximum Gasteiger partial charge on any atom is 0.341 e. The second-order valence-corrected chi connectivity index (χ2v) is 7.47. The number of benzene rings is 2. The van der Waals surface area contributed by atoms with Crippen LogP contribution >= 0.6 is 23.7 Å². The van der Waals surface area contributed by atoms with E-state index in [1.165, 1.54) is 11.3 Å². The van der Waals surface area contributed by atoms with E-state index >= 15 is 0 Å². The molecule has 9 heteroatoms. The number of rotatable bonds is 8. The molecule has 0 aliphatic heterocycles. The summed E-state index contributed by atoms with van der Waals surface area (Å²) in [6, 6.07) is 18.5. The number of aryl methyl sites for hydroxylation is 1. The monoisotopic (exact) mass is 469 g/mol. The quantitative estimate of drug-likeness (QED) is 0.330. The van der Waals surface area contributed by atoms with E-state index in [1.807, 2.05) is 54.8 Å². The minimum atomic E-state index is -1.03. The van der Waals surface area contributed by atoms with Crippen LogP contribution < -0.4 is 14.8 Å². The van der Waals surface area contributed by atoms with Crippen molar-refractivity contribution in [2.45, 2.75) is 6.92 Å². The van der Waals surface area contributed by atoms with Gasteiger partial charge in [-0.15, -0.1) is 23.7 Å². The zero-order chi connectivity index (χ0) is 21.6. The molecule has 4 rings (SSSR count). The van der Waals surface area contributed by atoms with Crippen LogP contribution in [0.3, 0.4) is 0 Å². The number of nitrogens with zero attached hydrogens (tertiary/aromatic N) is 2. The third-order valence-electron chi connectivity index (χ3n) is 4.20. The third-order valence-corrected chi connectivity index (χ3v) is 5.07. The van der Waals surface area contributed by atoms with Gasteiger partial charge in [0, 0.05) is 17.1 Å². The molecule has 0 amide bonds. The Bertz CT molecular complexity index is 1200. The first kappa shape index (κ1) is 23.1. The molecule has 164 valence electrons. The maximum absolute atomic E-state index is 10.8. The van der Waals surface area contributed by atoms with Gasteiger partial charge in [-0.1, -0.05) is 30.3 Å². The van der Waals surface area contributed by atoms with Gasteiger partial charge in [0.2, 0.25) is 0 Å². The first-order valence-electron chi connectivity index (χ1n) is 9.44. The van der Waals surface area contributed by atoms with Gasteiger partial charge in [-0.05, 0) is 42.8 Å². The number of aliphatic carboxylic acids is 1. The van der Waals surface area contributed by atoms with Crippen molar-refractivity contribution < 1.29 is 19.4 Å². The highest BCUT2D eigenvalue weighted by molar-refractivity contribution is 7.13. The van der Waals surface area contributed by atoms with Gasteiger partial charge < -0.3 is 19.9 Å². The summed E-state index contributed by atoms with van der Waals surface area (Å²) in [5, 5.41) is 14.7. The number of hydrogen-bond donors (Lipinski definition) is 2. The molecule has 2 aromatic heterocycles. The van der Waals surface area contributed by atoms with Crippen LogP contribution in [0.2, 0.25) is 0 Å². The lowest BCUT2D eigenvalue weighted by Crippen LogP contribution is -2.09. The van der Waals surface area contributed by atoms with E-state index in [-0.39, 0.29) is 12.4 Å². The van der Waals surface area contributed by atoms with Crippen LogP contribution in [-0.2, 0) is 4.79 Å². The van der Waals surface area contributed by atoms with Crippen molar-refractivity contribution in [1.29, 1.82) is 0 Å². The molecule has 0 fully saturated rings. The van der Waals surface area contributed by atoms with Gasteiger partial charge in [-0.25, -0.2) is 14.8 Å². The molecule has 0 aliphatic rings. The summed E-state index contributed by atoms with van der Waals surface area (Å²) >= 11 is 1.49. The van der Waals surface area contributed by atoms with Crippen molar-refractivity contribution in [3.05, 3.63) is 77.9 Å². The molecule has 0 aliphatic carbocycles. The van der Waals surface area contributed by atoms with Crippen molar-refractivity contribution in [3.8, 4) is 28.4 Å². The average Bonchev–Trinajstić information content (AvgIpc) is 3.19. The highest BCUT2D eigenvalue weighted by atomic mass is 35.5. The smallest absolute Gasteiger partial charge is 0.341 e. The predicted molar refractivity (Wildman–Crippen MR) is 127 cm³/mol. The van der Waals surface area contributed by atoms with E-state index < -0.39 is 12.6 Å². The molecular formula is C23H20ClN3O4S. The number of para-hydroxylation sites is 1. The Labute approximate surface area is 195 Å². The highest BCUT2D eigenvalue weighted by Crippen LogP contribution is 2.35. The van der Waals surface area contributed by atoms with Crippen LogP contribution in [-0.4, -0.2) is 27.7 Å². The van der Waals surface area contributed by atoms with Gasteiger partial charge >= 0.3 is 5.97 Å². The second kappa shape index (κ2) is 10.6. The number of ether oxygens (including phenoxy) is 2. The molecule has 0 radical (unpaired) electrons. The Morgan fingerprint density at radius 3 is 2.56 bits per heavy atom. The fourth-order valence-electron chi connectivity index (χ4n) is 2.81. The Balaban J connectivity index is 0.00000289. The largest absolute Gasteiger partial charge is 0.482 e. The molecule has 2 N–H and O–H groups in total. The number of aromatic nitrogens is 2. The standard InChI is InChI=1S/C23H19N3O4S.ClH/c1-15-14-31-23(25-15)26-22-20(30-18-7-3-2-4-8-18)11-17(12-24-22)16-6-5-9-19(10-16)29-13-21(27)28;/h2-12,14H,13H2,1H3,(H,27,28)(H,24,25,26);1H. The predicted octanol–water partition coefficient (Wildman–Crippen LogP) is 5.93. The Morgan fingerprint density at radius 2 is 1.84 bits per heavy atom. The summed E-state index contributed by atoms with van der Waals surface area (Å²) in [7, 11) is 0. The van der Waals surface area contributed by atoms with Crippen molar-refractivity contribution in [3.63, 3.8) is 0 Å². The molecule has 7 nitrogen and oxygen atoms in total. The molecule has 4 aromatic rings. The number of thiazole rings is 1. The van der Waals surface area contributed by atoms with Crippen molar-refractivity contribution in [1.82, 2.24) is 9.97 Å². The lowest BCUT2D eigenvalue weighted by atomic mass is 10.1. The first-order chi connectivity index (χ1) is 15.1. The minimum absolute atomic E-state index is 0. The van der Waals surface area contributed by atoms with Crippen molar-refractivity contribution in [2.24, 2.45) is 0 Å². The van der Waals surface area contributed by atoms with Gasteiger partial charge in [0.15, 0.2) is 23.3 Å². The van der Waals surface area contributed by atoms with E-state index in [0.29, 0.717) is 23.1 Å². The van der Waals surface area contributed by atoms with E-state index in [4.69, 9.17) is 14.6 Å². The molecule has 0 spiro atoms. The van der Waals surface area contributed by atoms with E-state index in [1.54, 1.807) is 24.4 Å². The second-order valence-electron chi connectivity index (χ2n) is 6.62. The molecular weight excluding hydrogens is 450 g/mol. The maximum atomic E-state index is 10.8. The van der Waals surface area contributed by atoms with E-state index in [0.717, 1.165) is 22.0 Å². The van der Waals surface area contributed by atoms with Crippen LogP contribution in [0.25, 0.3) is 11.1 Å².